The Labute approximate surface area is 171 Å². The number of rotatable bonds is 10. The number of hydrogen-bond acceptors (Lipinski definition) is 4. The highest BCUT2D eigenvalue weighted by atomic mass is 32.2. The van der Waals surface area contributed by atoms with Crippen LogP contribution in [0.5, 0.6) is 5.75 Å². The maximum Gasteiger partial charge on any atom is 0.242 e. The summed E-state index contributed by atoms with van der Waals surface area (Å²) in [5, 5.41) is 2.63. The van der Waals surface area contributed by atoms with E-state index >= 15 is 0 Å². The molecule has 0 radical (unpaired) electrons. The van der Waals surface area contributed by atoms with Crippen molar-refractivity contribution in [1.29, 1.82) is 0 Å². The van der Waals surface area contributed by atoms with Gasteiger partial charge >= 0.3 is 0 Å². The lowest BCUT2D eigenvalue weighted by atomic mass is 10.1. The van der Waals surface area contributed by atoms with Crippen molar-refractivity contribution in [2.45, 2.75) is 31.7 Å². The Kier molecular flexibility index (Phi) is 8.88. The fraction of sp³-hybridized carbons (Fsp3) is 0.364. The molecule has 0 aliphatic heterocycles. The van der Waals surface area contributed by atoms with Crippen molar-refractivity contribution >= 4 is 23.6 Å². The third-order valence-electron chi connectivity index (χ3n) is 4.47. The summed E-state index contributed by atoms with van der Waals surface area (Å²) in [4.78, 5) is 26.7. The summed E-state index contributed by atoms with van der Waals surface area (Å²) in [7, 11) is 3.20. The minimum atomic E-state index is -0.539. The summed E-state index contributed by atoms with van der Waals surface area (Å²) in [5.41, 5.74) is 2.17. The second-order valence-corrected chi connectivity index (χ2v) is 7.56. The molecule has 0 bridgehead atoms. The highest BCUT2D eigenvalue weighted by Crippen LogP contribution is 2.18. The summed E-state index contributed by atoms with van der Waals surface area (Å²) in [6, 6.07) is 17.2. The highest BCUT2D eigenvalue weighted by Gasteiger charge is 2.25. The van der Waals surface area contributed by atoms with Crippen LogP contribution in [-0.4, -0.2) is 42.7 Å². The topological polar surface area (TPSA) is 58.6 Å². The van der Waals surface area contributed by atoms with E-state index in [2.05, 4.69) is 17.4 Å². The van der Waals surface area contributed by atoms with Gasteiger partial charge in [-0.15, -0.1) is 0 Å². The molecular weight excluding hydrogens is 372 g/mol. The standard InChI is InChI=1S/C22H28N2O3S/c1-17(22(26)23-2)24(15-19-10-7-11-20(14-19)27-3)21(25)12-13-28-16-18-8-5-4-6-9-18/h4-11,14,17H,12-13,15-16H2,1-3H3,(H,23,26). The number of methoxy groups -OCH3 is 1. The summed E-state index contributed by atoms with van der Waals surface area (Å²) >= 11 is 1.72. The maximum atomic E-state index is 12.9. The lowest BCUT2D eigenvalue weighted by Crippen LogP contribution is -2.46. The predicted octanol–water partition coefficient (Wildman–Crippen LogP) is 3.48. The van der Waals surface area contributed by atoms with Crippen LogP contribution in [-0.2, 0) is 21.9 Å². The van der Waals surface area contributed by atoms with Gasteiger partial charge < -0.3 is 15.0 Å². The van der Waals surface area contributed by atoms with Crippen molar-refractivity contribution in [2.75, 3.05) is 19.9 Å². The van der Waals surface area contributed by atoms with Crippen molar-refractivity contribution in [1.82, 2.24) is 10.2 Å². The molecule has 6 heteroatoms. The van der Waals surface area contributed by atoms with E-state index < -0.39 is 6.04 Å². The molecule has 0 aromatic heterocycles. The Morgan fingerprint density at radius 3 is 2.50 bits per heavy atom. The van der Waals surface area contributed by atoms with Crippen molar-refractivity contribution in [3.05, 3.63) is 65.7 Å². The van der Waals surface area contributed by atoms with Crippen molar-refractivity contribution in [3.8, 4) is 5.75 Å². The molecule has 0 saturated carbocycles. The molecular formula is C22H28N2O3S. The Hall–Kier alpha value is -2.47. The fourth-order valence-corrected chi connectivity index (χ4v) is 3.72. The number of amides is 2. The molecule has 0 saturated heterocycles. The van der Waals surface area contributed by atoms with Crippen molar-refractivity contribution in [2.24, 2.45) is 0 Å². The zero-order valence-corrected chi connectivity index (χ0v) is 17.5. The van der Waals surface area contributed by atoms with E-state index in [9.17, 15) is 9.59 Å². The van der Waals surface area contributed by atoms with E-state index in [-0.39, 0.29) is 11.8 Å². The van der Waals surface area contributed by atoms with Crippen LogP contribution >= 0.6 is 11.8 Å². The monoisotopic (exact) mass is 400 g/mol. The van der Waals surface area contributed by atoms with Gasteiger partial charge in [-0.3, -0.25) is 9.59 Å². The number of benzene rings is 2. The van der Waals surface area contributed by atoms with E-state index in [0.29, 0.717) is 18.7 Å². The van der Waals surface area contributed by atoms with E-state index in [1.165, 1.54) is 5.56 Å². The van der Waals surface area contributed by atoms with Crippen LogP contribution in [0.3, 0.4) is 0 Å². The van der Waals surface area contributed by atoms with Gasteiger partial charge in [0, 0.05) is 31.5 Å². The molecule has 0 fully saturated rings. The normalized spacial score (nSPS) is 11.5. The van der Waals surface area contributed by atoms with Crippen LogP contribution in [0.1, 0.15) is 24.5 Å². The first-order chi connectivity index (χ1) is 13.5. The van der Waals surface area contributed by atoms with Crippen LogP contribution in [0.15, 0.2) is 54.6 Å². The molecule has 1 N–H and O–H groups in total. The first kappa shape index (κ1) is 21.8. The Bertz CT molecular complexity index is 767. The second-order valence-electron chi connectivity index (χ2n) is 6.45. The molecule has 0 spiro atoms. The molecule has 2 aromatic carbocycles. The molecule has 1 atom stereocenters. The van der Waals surface area contributed by atoms with Crippen molar-refractivity contribution in [3.63, 3.8) is 0 Å². The van der Waals surface area contributed by atoms with Gasteiger partial charge in [0.1, 0.15) is 11.8 Å². The number of nitrogens with one attached hydrogen (secondary N) is 1. The van der Waals surface area contributed by atoms with E-state index in [0.717, 1.165) is 17.1 Å². The minimum absolute atomic E-state index is 0.0283. The summed E-state index contributed by atoms with van der Waals surface area (Å²) < 4.78 is 5.26. The molecule has 0 aliphatic rings. The van der Waals surface area contributed by atoms with E-state index in [1.54, 1.807) is 37.7 Å². The second kappa shape index (κ2) is 11.4. The molecule has 150 valence electrons. The zero-order valence-electron chi connectivity index (χ0n) is 16.7. The molecule has 2 rings (SSSR count). The molecule has 2 aromatic rings. The SMILES string of the molecule is CNC(=O)C(C)N(Cc1cccc(OC)c1)C(=O)CCSCc1ccccc1. The van der Waals surface area contributed by atoms with Crippen LogP contribution in [0.4, 0.5) is 0 Å². The first-order valence-corrected chi connectivity index (χ1v) is 10.5. The minimum Gasteiger partial charge on any atom is -0.497 e. The summed E-state index contributed by atoms with van der Waals surface area (Å²) in [5.74, 6) is 2.11. The van der Waals surface area contributed by atoms with Gasteiger partial charge in [-0.1, -0.05) is 42.5 Å². The number of nitrogens with zero attached hydrogens (tertiary/aromatic N) is 1. The number of carbonyl (C=O) groups excluding carboxylic acids is 2. The number of carbonyl (C=O) groups is 2. The average molecular weight is 401 g/mol. The van der Waals surface area contributed by atoms with Gasteiger partial charge in [-0.05, 0) is 30.2 Å². The first-order valence-electron chi connectivity index (χ1n) is 9.30. The van der Waals surface area contributed by atoms with Crippen LogP contribution in [0, 0.1) is 0 Å². The molecule has 1 unspecified atom stereocenters. The van der Waals surface area contributed by atoms with E-state index in [1.807, 2.05) is 42.5 Å². The Morgan fingerprint density at radius 1 is 1.11 bits per heavy atom. The van der Waals surface area contributed by atoms with Crippen LogP contribution < -0.4 is 10.1 Å². The van der Waals surface area contributed by atoms with Crippen LogP contribution in [0.2, 0.25) is 0 Å². The molecule has 0 heterocycles. The van der Waals surface area contributed by atoms with Crippen LogP contribution in [0.25, 0.3) is 0 Å². The third-order valence-corrected chi connectivity index (χ3v) is 5.50. The number of likely N-dealkylation sites (N-methyl/N-ethyl adjacent to an activating group) is 1. The maximum absolute atomic E-state index is 12.9. The Balaban J connectivity index is 1.98. The summed E-state index contributed by atoms with van der Waals surface area (Å²) in [6.07, 6.45) is 0.392. The van der Waals surface area contributed by atoms with Gasteiger partial charge in [-0.25, -0.2) is 0 Å². The number of ether oxygens (including phenoxy) is 1. The number of thioether (sulfide) groups is 1. The fourth-order valence-electron chi connectivity index (χ4n) is 2.83. The van der Waals surface area contributed by atoms with Gasteiger partial charge in [0.2, 0.25) is 11.8 Å². The third kappa shape index (κ3) is 6.60. The smallest absolute Gasteiger partial charge is 0.242 e. The average Bonchev–Trinajstić information content (AvgIpc) is 2.74. The lowest BCUT2D eigenvalue weighted by Gasteiger charge is -2.28. The zero-order chi connectivity index (χ0) is 20.4. The van der Waals surface area contributed by atoms with Gasteiger partial charge in [-0.2, -0.15) is 11.8 Å². The largest absolute Gasteiger partial charge is 0.497 e. The van der Waals surface area contributed by atoms with Gasteiger partial charge in [0.25, 0.3) is 0 Å². The molecule has 28 heavy (non-hydrogen) atoms. The molecule has 2 amide bonds. The van der Waals surface area contributed by atoms with Gasteiger partial charge in [0.15, 0.2) is 0 Å². The van der Waals surface area contributed by atoms with Gasteiger partial charge in [0.05, 0.1) is 7.11 Å². The van der Waals surface area contributed by atoms with Crippen molar-refractivity contribution < 1.29 is 14.3 Å². The summed E-state index contributed by atoms with van der Waals surface area (Å²) in [6.45, 7) is 2.13. The quantitative estimate of drug-likeness (QED) is 0.621. The van der Waals surface area contributed by atoms with E-state index in [4.69, 9.17) is 4.74 Å². The molecule has 0 aliphatic carbocycles. The lowest BCUT2D eigenvalue weighted by molar-refractivity contribution is -0.140. The Morgan fingerprint density at radius 2 is 1.82 bits per heavy atom. The number of hydrogen-bond donors (Lipinski definition) is 1. The highest BCUT2D eigenvalue weighted by molar-refractivity contribution is 7.98. The molecule has 5 nitrogen and oxygen atoms in total. The predicted molar refractivity (Wildman–Crippen MR) is 114 cm³/mol.